The number of benzene rings is 2. The lowest BCUT2D eigenvalue weighted by atomic mass is 9.68. The minimum absolute atomic E-state index is 0.000401. The number of aromatic hydroxyl groups is 1. The number of nitrogens with zero attached hydrogens (tertiary/aromatic N) is 5. The van der Waals surface area contributed by atoms with Crippen LogP contribution in [0.2, 0.25) is 0 Å². The van der Waals surface area contributed by atoms with E-state index in [0.29, 0.717) is 29.7 Å². The Morgan fingerprint density at radius 2 is 1.98 bits per heavy atom. The van der Waals surface area contributed by atoms with Gasteiger partial charge in [-0.25, -0.2) is 9.28 Å². The number of aliphatic hydroxyl groups is 1. The number of ether oxygens (including phenoxy) is 2. The fraction of sp³-hybridized carbons (Fsp3) is 0.486. The summed E-state index contributed by atoms with van der Waals surface area (Å²) >= 11 is 0. The van der Waals surface area contributed by atoms with Crippen LogP contribution in [-0.2, 0) is 21.0 Å². The summed E-state index contributed by atoms with van der Waals surface area (Å²) in [6, 6.07) is 8.99. The van der Waals surface area contributed by atoms with Gasteiger partial charge in [-0.1, -0.05) is 37.5 Å². The van der Waals surface area contributed by atoms with Crippen molar-refractivity contribution in [2.75, 3.05) is 51.5 Å². The zero-order chi connectivity index (χ0) is 34.4. The number of terminal acetylenes is 1. The summed E-state index contributed by atoms with van der Waals surface area (Å²) in [5, 5.41) is 25.6. The van der Waals surface area contributed by atoms with Crippen LogP contribution >= 0.6 is 0 Å². The number of hydrogen-bond donors (Lipinski definition) is 2. The van der Waals surface area contributed by atoms with Gasteiger partial charge >= 0.3 is 6.01 Å². The van der Waals surface area contributed by atoms with Gasteiger partial charge in [-0.05, 0) is 67.5 Å². The number of aryl methyl sites for hydroxylation is 1. The topological polar surface area (TPSA) is 123 Å². The molecule has 0 spiro atoms. The van der Waals surface area contributed by atoms with Crippen molar-refractivity contribution >= 4 is 27.5 Å². The van der Waals surface area contributed by atoms with Gasteiger partial charge in [-0.3, -0.25) is 4.98 Å². The Morgan fingerprint density at radius 3 is 2.78 bits per heavy atom. The lowest BCUT2D eigenvalue weighted by Gasteiger charge is -2.51. The highest BCUT2D eigenvalue weighted by Gasteiger charge is 2.58. The molecule has 4 aromatic rings. The molecule has 2 aliphatic heterocycles. The van der Waals surface area contributed by atoms with Gasteiger partial charge in [0.1, 0.15) is 22.8 Å². The number of phenolic OH excluding ortho intramolecular Hbond substituents is 1. The van der Waals surface area contributed by atoms with Crippen molar-refractivity contribution in [3.63, 3.8) is 0 Å². The average Bonchev–Trinajstić information content (AvgIpc) is 3.33. The summed E-state index contributed by atoms with van der Waals surface area (Å²) in [5.74, 6) is 2.09. The number of hydroxylamine groups is 2. The monoisotopic (exact) mass is 671 g/mol. The van der Waals surface area contributed by atoms with Crippen molar-refractivity contribution in [2.24, 2.45) is 5.41 Å². The van der Waals surface area contributed by atoms with Crippen LogP contribution in [0.15, 0.2) is 36.5 Å². The number of rotatable bonds is 8. The quantitative estimate of drug-likeness (QED) is 0.143. The van der Waals surface area contributed by atoms with Gasteiger partial charge < -0.3 is 24.6 Å². The van der Waals surface area contributed by atoms with Crippen molar-refractivity contribution in [1.82, 2.24) is 20.0 Å². The standard InChI is InChI=1S/C37H42FN5O6/c1-5-24-10-7-11-25-18-26(44)19-27(29(24)25)31-30(38)32-28(20-39-31)33(42-16-17-47-23-37(45,6-2)21-42)41-34(40-32)48-22-36-13-8-12-35(36,3)43(49-46-4)15-9-14-36/h2,7,10-11,18-20,44-45H,5,8-9,12-17,21-23H2,1,3-4H3/t35?,36-,37+/m1/s1. The van der Waals surface area contributed by atoms with Crippen LogP contribution < -0.4 is 9.64 Å². The Hall–Kier alpha value is -4.12. The molecule has 0 radical (unpaired) electrons. The lowest BCUT2D eigenvalue weighted by Crippen LogP contribution is -2.60. The molecule has 1 unspecified atom stereocenters. The Kier molecular flexibility index (Phi) is 8.83. The van der Waals surface area contributed by atoms with Crippen molar-refractivity contribution in [2.45, 2.75) is 63.5 Å². The molecule has 49 heavy (non-hydrogen) atoms. The van der Waals surface area contributed by atoms with Gasteiger partial charge in [0.2, 0.25) is 0 Å². The van der Waals surface area contributed by atoms with Crippen molar-refractivity contribution in [3.8, 4) is 35.4 Å². The number of anilines is 1. The average molecular weight is 672 g/mol. The highest BCUT2D eigenvalue weighted by Crippen LogP contribution is 2.55. The predicted molar refractivity (Wildman–Crippen MR) is 182 cm³/mol. The van der Waals surface area contributed by atoms with Crippen LogP contribution in [0.5, 0.6) is 11.8 Å². The first-order valence-corrected chi connectivity index (χ1v) is 16.9. The SMILES string of the molecule is C#C[C@@]1(O)COCCN(c2nc(OC[C@@]34CCCN(OOC)C3(C)CCC4)nc3c(F)c(-c4cc(O)cc5cccc(CC)c45)ncc23)C1. The van der Waals surface area contributed by atoms with E-state index in [1.807, 2.05) is 30.2 Å². The van der Waals surface area contributed by atoms with E-state index in [1.54, 1.807) is 11.0 Å². The zero-order valence-corrected chi connectivity index (χ0v) is 28.2. The zero-order valence-electron chi connectivity index (χ0n) is 28.2. The number of pyridine rings is 1. The van der Waals surface area contributed by atoms with Crippen LogP contribution in [0, 0.1) is 23.6 Å². The lowest BCUT2D eigenvalue weighted by molar-refractivity contribution is -0.451. The summed E-state index contributed by atoms with van der Waals surface area (Å²) in [6.07, 6.45) is 12.6. The molecular weight excluding hydrogens is 629 g/mol. The molecular formula is C37H42FN5O6. The van der Waals surface area contributed by atoms with Crippen LogP contribution in [0.1, 0.15) is 51.5 Å². The van der Waals surface area contributed by atoms with E-state index in [4.69, 9.17) is 30.8 Å². The second kappa shape index (κ2) is 13.0. The molecule has 3 aliphatic rings. The number of aromatic nitrogens is 3. The van der Waals surface area contributed by atoms with E-state index in [1.165, 1.54) is 19.4 Å². The molecule has 12 heteroatoms. The van der Waals surface area contributed by atoms with Crippen molar-refractivity contribution in [1.29, 1.82) is 0 Å². The molecule has 2 aromatic heterocycles. The smallest absolute Gasteiger partial charge is 0.319 e. The predicted octanol–water partition coefficient (Wildman–Crippen LogP) is 5.35. The number of fused-ring (bicyclic) bond motifs is 3. The van der Waals surface area contributed by atoms with E-state index in [9.17, 15) is 10.2 Å². The summed E-state index contributed by atoms with van der Waals surface area (Å²) in [5.41, 5.74) is -0.702. The molecule has 0 bridgehead atoms. The molecule has 11 nitrogen and oxygen atoms in total. The molecule has 4 heterocycles. The molecule has 2 aromatic carbocycles. The Labute approximate surface area is 284 Å². The summed E-state index contributed by atoms with van der Waals surface area (Å²) < 4.78 is 29.1. The molecule has 0 amide bonds. The number of hydrogen-bond acceptors (Lipinski definition) is 11. The third-order valence-corrected chi connectivity index (χ3v) is 10.9. The van der Waals surface area contributed by atoms with E-state index >= 15 is 4.39 Å². The number of halogens is 1. The maximum absolute atomic E-state index is 17.0. The highest BCUT2D eigenvalue weighted by molar-refractivity contribution is 6.01. The normalized spacial score (nSPS) is 26.1. The minimum atomic E-state index is -1.59. The molecule has 7 rings (SSSR count). The first-order valence-electron chi connectivity index (χ1n) is 16.9. The second-order valence-electron chi connectivity index (χ2n) is 13.7. The summed E-state index contributed by atoms with van der Waals surface area (Å²) in [7, 11) is 1.50. The second-order valence-corrected chi connectivity index (χ2v) is 13.7. The minimum Gasteiger partial charge on any atom is -0.508 e. The Bertz CT molecular complexity index is 1940. The maximum Gasteiger partial charge on any atom is 0.319 e. The van der Waals surface area contributed by atoms with Gasteiger partial charge in [-0.15, -0.1) is 11.4 Å². The number of piperidine rings is 1. The maximum atomic E-state index is 17.0. The molecule has 258 valence electrons. The van der Waals surface area contributed by atoms with E-state index < -0.39 is 11.4 Å². The van der Waals surface area contributed by atoms with Crippen LogP contribution in [0.3, 0.4) is 0 Å². The molecule has 3 atom stereocenters. The molecule has 3 fully saturated rings. The van der Waals surface area contributed by atoms with Crippen LogP contribution in [0.4, 0.5) is 10.2 Å². The van der Waals surface area contributed by atoms with E-state index in [-0.39, 0.29) is 60.3 Å². The van der Waals surface area contributed by atoms with Gasteiger partial charge in [0.05, 0.1) is 44.4 Å². The first-order chi connectivity index (χ1) is 23.6. The fourth-order valence-corrected chi connectivity index (χ4v) is 8.22. The van der Waals surface area contributed by atoms with Gasteiger partial charge in [0.25, 0.3) is 0 Å². The third-order valence-electron chi connectivity index (χ3n) is 10.9. The Morgan fingerprint density at radius 1 is 1.14 bits per heavy atom. The highest BCUT2D eigenvalue weighted by atomic mass is 19.1. The van der Waals surface area contributed by atoms with Gasteiger partial charge in [-0.2, -0.15) is 15.0 Å². The van der Waals surface area contributed by atoms with Crippen molar-refractivity contribution in [3.05, 3.63) is 47.9 Å². The molecule has 1 saturated carbocycles. The summed E-state index contributed by atoms with van der Waals surface area (Å²) in [4.78, 5) is 26.6. The van der Waals surface area contributed by atoms with E-state index in [0.717, 1.165) is 55.0 Å². The molecule has 2 saturated heterocycles. The largest absolute Gasteiger partial charge is 0.508 e. The first kappa shape index (κ1) is 33.4. The van der Waals surface area contributed by atoms with Crippen molar-refractivity contribution < 1.29 is 34.0 Å². The molecule has 1 aliphatic carbocycles. The summed E-state index contributed by atoms with van der Waals surface area (Å²) in [6.45, 7) is 5.78. The number of β-amino-alcohol motifs (C(OH)–C–C–N with tert-alkyl or cyclic N) is 1. The molecule has 2 N–H and O–H groups in total. The van der Waals surface area contributed by atoms with Gasteiger partial charge in [0, 0.05) is 30.3 Å². The van der Waals surface area contributed by atoms with Gasteiger partial charge in [0.15, 0.2) is 11.4 Å². The fourth-order valence-electron chi connectivity index (χ4n) is 8.22. The third kappa shape index (κ3) is 5.73. The number of phenols is 1. The Balaban J connectivity index is 1.37. The van der Waals surface area contributed by atoms with Crippen LogP contribution in [0.25, 0.3) is 32.9 Å². The van der Waals surface area contributed by atoms with Crippen LogP contribution in [-0.4, -0.2) is 87.9 Å². The van der Waals surface area contributed by atoms with E-state index in [2.05, 4.69) is 22.8 Å².